The van der Waals surface area contributed by atoms with Crippen LogP contribution in [0.4, 0.5) is 0 Å². The monoisotopic (exact) mass is 361 g/mol. The van der Waals surface area contributed by atoms with Gasteiger partial charge in [0.1, 0.15) is 0 Å². The predicted molar refractivity (Wildman–Crippen MR) is 82.2 cm³/mol. The summed E-state index contributed by atoms with van der Waals surface area (Å²) in [5, 5.41) is 9.26. The van der Waals surface area contributed by atoms with E-state index in [0.29, 0.717) is 15.1 Å². The summed E-state index contributed by atoms with van der Waals surface area (Å²) in [6.45, 7) is 5.76. The van der Waals surface area contributed by atoms with E-state index in [1.807, 2.05) is 20.8 Å². The Bertz CT molecular complexity index is 505. The molecule has 1 aromatic carbocycles. The van der Waals surface area contributed by atoms with Crippen molar-refractivity contribution in [1.29, 1.82) is 0 Å². The molecule has 0 aliphatic heterocycles. The van der Waals surface area contributed by atoms with Gasteiger partial charge in [-0.25, -0.2) is 0 Å². The van der Waals surface area contributed by atoms with E-state index < -0.39 is 11.5 Å². The summed E-state index contributed by atoms with van der Waals surface area (Å²) in [5.41, 5.74) is -0.0360. The second-order valence-corrected chi connectivity index (χ2v) is 6.78. The Morgan fingerprint density at radius 3 is 2.35 bits per heavy atom. The minimum atomic E-state index is -0.931. The fraction of sp³-hybridized carbons (Fsp3) is 0.429. The second kappa shape index (κ2) is 6.59. The van der Waals surface area contributed by atoms with Crippen molar-refractivity contribution in [2.45, 2.75) is 32.7 Å². The van der Waals surface area contributed by atoms with Crippen LogP contribution in [-0.4, -0.2) is 34.0 Å². The fourth-order valence-electron chi connectivity index (χ4n) is 1.78. The maximum Gasteiger partial charge on any atom is 0.305 e. The standard InChI is InChI=1S/C14H17BrClNO3/c1-14(2,3)17(5-4-12(18)19)13(20)9-6-10(15)8-11(16)7-9/h6-8H,4-5H2,1-3H3,(H,18,19). The van der Waals surface area contributed by atoms with Crippen LogP contribution < -0.4 is 0 Å². The molecule has 0 radical (unpaired) electrons. The molecule has 0 heterocycles. The molecule has 0 fully saturated rings. The fourth-order valence-corrected chi connectivity index (χ4v) is 2.64. The summed E-state index contributed by atoms with van der Waals surface area (Å²) in [6, 6.07) is 4.94. The van der Waals surface area contributed by atoms with Crippen LogP contribution >= 0.6 is 27.5 Å². The molecule has 4 nitrogen and oxygen atoms in total. The van der Waals surface area contributed by atoms with E-state index in [0.717, 1.165) is 0 Å². The van der Waals surface area contributed by atoms with Gasteiger partial charge in [-0.2, -0.15) is 0 Å². The molecule has 1 rings (SSSR count). The second-order valence-electron chi connectivity index (χ2n) is 5.43. The number of aliphatic carboxylic acids is 1. The van der Waals surface area contributed by atoms with E-state index in [-0.39, 0.29) is 18.9 Å². The first-order valence-electron chi connectivity index (χ1n) is 6.11. The Morgan fingerprint density at radius 1 is 1.30 bits per heavy atom. The highest BCUT2D eigenvalue weighted by molar-refractivity contribution is 9.10. The first-order valence-corrected chi connectivity index (χ1v) is 7.28. The smallest absolute Gasteiger partial charge is 0.305 e. The molecule has 0 unspecified atom stereocenters. The first-order chi connectivity index (χ1) is 9.11. The number of rotatable bonds is 4. The molecule has 1 amide bonds. The third kappa shape index (κ3) is 4.80. The number of carboxylic acid groups (broad SMARTS) is 1. The van der Waals surface area contributed by atoms with Gasteiger partial charge in [0.2, 0.25) is 0 Å². The molecule has 0 saturated carbocycles. The van der Waals surface area contributed by atoms with Crippen molar-refractivity contribution in [2.75, 3.05) is 6.54 Å². The van der Waals surface area contributed by atoms with E-state index in [4.69, 9.17) is 16.7 Å². The molecular formula is C14H17BrClNO3. The summed E-state index contributed by atoms with van der Waals surface area (Å²) < 4.78 is 0.709. The number of amides is 1. The zero-order valence-electron chi connectivity index (χ0n) is 11.6. The molecule has 20 heavy (non-hydrogen) atoms. The lowest BCUT2D eigenvalue weighted by Gasteiger charge is -2.35. The van der Waals surface area contributed by atoms with Gasteiger partial charge in [0.15, 0.2) is 0 Å². The van der Waals surface area contributed by atoms with Gasteiger partial charge < -0.3 is 10.0 Å². The number of carbonyl (C=O) groups excluding carboxylic acids is 1. The largest absolute Gasteiger partial charge is 0.481 e. The molecule has 0 aromatic heterocycles. The molecule has 0 aliphatic rings. The Hall–Kier alpha value is -1.07. The zero-order valence-corrected chi connectivity index (χ0v) is 14.0. The predicted octanol–water partition coefficient (Wildman–Crippen LogP) is 3.82. The van der Waals surface area contributed by atoms with Crippen LogP contribution in [0.3, 0.4) is 0 Å². The number of benzene rings is 1. The molecule has 1 N–H and O–H groups in total. The van der Waals surface area contributed by atoms with Crippen LogP contribution in [0.2, 0.25) is 5.02 Å². The van der Waals surface area contributed by atoms with Gasteiger partial charge >= 0.3 is 5.97 Å². The summed E-state index contributed by atoms with van der Waals surface area (Å²) in [5.74, 6) is -1.17. The molecular weight excluding hydrogens is 346 g/mol. The minimum Gasteiger partial charge on any atom is -0.481 e. The number of carbonyl (C=O) groups is 2. The number of halogens is 2. The summed E-state index contributed by atoms with van der Waals surface area (Å²) in [4.78, 5) is 24.8. The maximum absolute atomic E-state index is 12.6. The summed E-state index contributed by atoms with van der Waals surface area (Å²) >= 11 is 9.24. The number of hydrogen-bond acceptors (Lipinski definition) is 2. The lowest BCUT2D eigenvalue weighted by atomic mass is 10.0. The van der Waals surface area contributed by atoms with Gasteiger partial charge in [-0.15, -0.1) is 0 Å². The molecule has 6 heteroatoms. The Morgan fingerprint density at radius 2 is 1.90 bits per heavy atom. The maximum atomic E-state index is 12.6. The van der Waals surface area contributed by atoms with Crippen molar-refractivity contribution in [3.05, 3.63) is 33.3 Å². The number of nitrogens with zero attached hydrogens (tertiary/aromatic N) is 1. The van der Waals surface area contributed by atoms with Crippen LogP contribution in [0.1, 0.15) is 37.6 Å². The van der Waals surface area contributed by atoms with Crippen molar-refractivity contribution in [2.24, 2.45) is 0 Å². The molecule has 0 saturated heterocycles. The third-order valence-electron chi connectivity index (χ3n) is 2.71. The summed E-state index contributed by atoms with van der Waals surface area (Å²) in [7, 11) is 0. The normalized spacial score (nSPS) is 11.2. The van der Waals surface area contributed by atoms with Crippen molar-refractivity contribution in [3.8, 4) is 0 Å². The van der Waals surface area contributed by atoms with Gasteiger partial charge in [0.25, 0.3) is 5.91 Å². The van der Waals surface area contributed by atoms with E-state index >= 15 is 0 Å². The van der Waals surface area contributed by atoms with E-state index in [1.54, 1.807) is 23.1 Å². The molecule has 0 spiro atoms. The molecule has 1 aromatic rings. The number of carboxylic acids is 1. The van der Waals surface area contributed by atoms with Gasteiger partial charge in [0, 0.05) is 27.1 Å². The Labute approximate surface area is 131 Å². The van der Waals surface area contributed by atoms with Gasteiger partial charge in [-0.3, -0.25) is 9.59 Å². The molecule has 0 atom stereocenters. The average molecular weight is 363 g/mol. The minimum absolute atomic E-state index is 0.0925. The van der Waals surface area contributed by atoms with Crippen LogP contribution in [0.25, 0.3) is 0 Å². The first kappa shape index (κ1) is 17.0. The van der Waals surface area contributed by atoms with E-state index in [1.165, 1.54) is 0 Å². The van der Waals surface area contributed by atoms with Crippen LogP contribution in [0.5, 0.6) is 0 Å². The van der Waals surface area contributed by atoms with Crippen molar-refractivity contribution in [3.63, 3.8) is 0 Å². The van der Waals surface area contributed by atoms with E-state index in [9.17, 15) is 9.59 Å². The highest BCUT2D eigenvalue weighted by atomic mass is 79.9. The van der Waals surface area contributed by atoms with Crippen LogP contribution in [0.15, 0.2) is 22.7 Å². The summed E-state index contributed by atoms with van der Waals surface area (Å²) in [6.07, 6.45) is -0.0925. The van der Waals surface area contributed by atoms with Crippen molar-refractivity contribution in [1.82, 2.24) is 4.90 Å². The molecule has 0 aliphatic carbocycles. The highest BCUT2D eigenvalue weighted by Crippen LogP contribution is 2.23. The van der Waals surface area contributed by atoms with Gasteiger partial charge in [0.05, 0.1) is 6.42 Å². The lowest BCUT2D eigenvalue weighted by Crippen LogP contribution is -2.46. The number of hydrogen-bond donors (Lipinski definition) is 1. The highest BCUT2D eigenvalue weighted by Gasteiger charge is 2.28. The zero-order chi connectivity index (χ0) is 15.5. The molecule has 110 valence electrons. The van der Waals surface area contributed by atoms with Gasteiger partial charge in [-0.1, -0.05) is 27.5 Å². The quantitative estimate of drug-likeness (QED) is 0.886. The van der Waals surface area contributed by atoms with Crippen molar-refractivity contribution >= 4 is 39.4 Å². The van der Waals surface area contributed by atoms with Crippen LogP contribution in [-0.2, 0) is 4.79 Å². The van der Waals surface area contributed by atoms with Crippen LogP contribution in [0, 0.1) is 0 Å². The average Bonchev–Trinajstić information content (AvgIpc) is 2.25. The Kier molecular flexibility index (Phi) is 5.59. The lowest BCUT2D eigenvalue weighted by molar-refractivity contribution is -0.137. The van der Waals surface area contributed by atoms with Gasteiger partial charge in [-0.05, 0) is 39.0 Å². The topological polar surface area (TPSA) is 57.6 Å². The third-order valence-corrected chi connectivity index (χ3v) is 3.39. The SMILES string of the molecule is CC(C)(C)N(CCC(=O)O)C(=O)c1cc(Cl)cc(Br)c1. The van der Waals surface area contributed by atoms with Crippen molar-refractivity contribution < 1.29 is 14.7 Å². The molecule has 0 bridgehead atoms. The Balaban J connectivity index is 3.06. The van der Waals surface area contributed by atoms with E-state index in [2.05, 4.69) is 15.9 Å².